The van der Waals surface area contributed by atoms with Crippen LogP contribution in [0.2, 0.25) is 0 Å². The number of carboxylic acids is 1. The van der Waals surface area contributed by atoms with E-state index in [1.54, 1.807) is 0 Å². The second-order valence-electron chi connectivity index (χ2n) is 2.25. The predicted molar refractivity (Wildman–Crippen MR) is 37.7 cm³/mol. The van der Waals surface area contributed by atoms with Crippen LogP contribution in [-0.2, 0) is 11.2 Å². The smallest absolute Gasteiger partial charge is 0.434 e. The zero-order chi connectivity index (χ0) is 8.97. The van der Waals surface area contributed by atoms with Gasteiger partial charge in [0.1, 0.15) is 0 Å². The van der Waals surface area contributed by atoms with E-state index in [1.807, 2.05) is 0 Å². The van der Waals surface area contributed by atoms with Crippen molar-refractivity contribution in [3.8, 4) is 0 Å². The monoisotopic (exact) mass is 172 g/mol. The summed E-state index contributed by atoms with van der Waals surface area (Å²) >= 11 is 0. The zero-order valence-electron chi connectivity index (χ0n) is 6.24. The van der Waals surface area contributed by atoms with E-state index in [9.17, 15) is 9.59 Å². The lowest BCUT2D eigenvalue weighted by Gasteiger charge is -1.90. The Hall–Kier alpha value is -1.59. The number of aromatic nitrogens is 2. The van der Waals surface area contributed by atoms with Crippen LogP contribution in [-0.4, -0.2) is 21.3 Å². The van der Waals surface area contributed by atoms with E-state index in [-0.39, 0.29) is 12.3 Å². The Balaban J connectivity index is 2.33. The van der Waals surface area contributed by atoms with Crippen LogP contribution in [0.25, 0.3) is 0 Å². The number of nitrogens with zero attached hydrogens (tertiary/aromatic N) is 1. The maximum atomic E-state index is 10.4. The Labute approximate surface area is 67.2 Å². The van der Waals surface area contributed by atoms with Crippen LogP contribution < -0.4 is 5.76 Å². The average molecular weight is 172 g/mol. The van der Waals surface area contributed by atoms with Crippen molar-refractivity contribution < 1.29 is 14.3 Å². The molecule has 0 unspecified atom stereocenters. The van der Waals surface area contributed by atoms with Crippen molar-refractivity contribution >= 4 is 5.97 Å². The molecule has 0 amide bonds. The summed E-state index contributed by atoms with van der Waals surface area (Å²) in [6.45, 7) is 0. The third-order valence-electron chi connectivity index (χ3n) is 1.26. The molecule has 0 radical (unpaired) electrons. The van der Waals surface area contributed by atoms with Crippen molar-refractivity contribution in [1.82, 2.24) is 10.2 Å². The first-order chi connectivity index (χ1) is 5.68. The first-order valence-electron chi connectivity index (χ1n) is 3.44. The number of rotatable bonds is 4. The van der Waals surface area contributed by atoms with Gasteiger partial charge < -0.3 is 9.52 Å². The molecule has 0 spiro atoms. The lowest BCUT2D eigenvalue weighted by molar-refractivity contribution is -0.137. The number of hydrogen-bond acceptors (Lipinski definition) is 4. The molecule has 0 aromatic carbocycles. The molecule has 6 heteroatoms. The normalized spacial score (nSPS) is 10.0. The standard InChI is InChI=1S/C6H8N2O4/c9-5(10)3-1-2-4-7-8-6(11)12-4/h1-3H2,(H,8,11)(H,9,10). The lowest BCUT2D eigenvalue weighted by atomic mass is 10.2. The molecule has 1 heterocycles. The van der Waals surface area contributed by atoms with Gasteiger partial charge in [-0.05, 0) is 6.42 Å². The van der Waals surface area contributed by atoms with Crippen LogP contribution in [0.3, 0.4) is 0 Å². The van der Waals surface area contributed by atoms with E-state index in [1.165, 1.54) is 0 Å². The molecule has 0 aliphatic carbocycles. The first-order valence-corrected chi connectivity index (χ1v) is 3.44. The van der Waals surface area contributed by atoms with Gasteiger partial charge in [0, 0.05) is 12.8 Å². The van der Waals surface area contributed by atoms with Gasteiger partial charge in [0.05, 0.1) is 0 Å². The van der Waals surface area contributed by atoms with Crippen LogP contribution in [0.15, 0.2) is 9.21 Å². The number of aliphatic carboxylic acids is 1. The lowest BCUT2D eigenvalue weighted by Crippen LogP contribution is -1.96. The van der Waals surface area contributed by atoms with E-state index in [0.29, 0.717) is 12.8 Å². The highest BCUT2D eigenvalue weighted by atomic mass is 16.4. The largest absolute Gasteiger partial charge is 0.481 e. The molecule has 1 aromatic heterocycles. The van der Waals surface area contributed by atoms with Gasteiger partial charge in [0.25, 0.3) is 0 Å². The minimum atomic E-state index is -0.868. The van der Waals surface area contributed by atoms with Crippen molar-refractivity contribution in [2.75, 3.05) is 0 Å². The number of H-pyrrole nitrogens is 1. The highest BCUT2D eigenvalue weighted by Gasteiger charge is 2.02. The van der Waals surface area contributed by atoms with Crippen molar-refractivity contribution in [2.45, 2.75) is 19.3 Å². The van der Waals surface area contributed by atoms with Gasteiger partial charge in [-0.3, -0.25) is 4.79 Å². The fourth-order valence-electron chi connectivity index (χ4n) is 0.758. The van der Waals surface area contributed by atoms with E-state index >= 15 is 0 Å². The Morgan fingerprint density at radius 3 is 2.92 bits per heavy atom. The van der Waals surface area contributed by atoms with Gasteiger partial charge in [-0.1, -0.05) is 0 Å². The second kappa shape index (κ2) is 3.70. The molecule has 66 valence electrons. The molecule has 1 rings (SSSR count). The molecule has 0 bridgehead atoms. The Morgan fingerprint density at radius 2 is 2.42 bits per heavy atom. The van der Waals surface area contributed by atoms with Gasteiger partial charge in [-0.15, -0.1) is 5.10 Å². The molecule has 1 aromatic rings. The molecule has 0 fully saturated rings. The van der Waals surface area contributed by atoms with Crippen molar-refractivity contribution in [2.24, 2.45) is 0 Å². The quantitative estimate of drug-likeness (QED) is 0.653. The Bertz CT molecular complexity index is 313. The summed E-state index contributed by atoms with van der Waals surface area (Å²) in [4.78, 5) is 20.5. The van der Waals surface area contributed by atoms with Gasteiger partial charge in [0.2, 0.25) is 5.89 Å². The van der Waals surface area contributed by atoms with Crippen molar-refractivity contribution in [3.63, 3.8) is 0 Å². The molecule has 2 N–H and O–H groups in total. The number of carboxylic acid groups (broad SMARTS) is 1. The summed E-state index contributed by atoms with van der Waals surface area (Å²) in [5, 5.41) is 13.9. The predicted octanol–water partition coefficient (Wildman–Crippen LogP) is -0.230. The Kier molecular flexibility index (Phi) is 2.62. The van der Waals surface area contributed by atoms with E-state index in [4.69, 9.17) is 5.11 Å². The molecule has 0 atom stereocenters. The van der Waals surface area contributed by atoms with Crippen LogP contribution in [0, 0.1) is 0 Å². The molecule has 0 aliphatic rings. The van der Waals surface area contributed by atoms with Gasteiger partial charge in [0.15, 0.2) is 0 Å². The van der Waals surface area contributed by atoms with Crippen LogP contribution in [0.4, 0.5) is 0 Å². The molecule has 6 nitrogen and oxygen atoms in total. The topological polar surface area (TPSA) is 96.2 Å². The summed E-state index contributed by atoms with van der Waals surface area (Å²) in [6.07, 6.45) is 0.838. The number of hydrogen-bond donors (Lipinski definition) is 2. The third kappa shape index (κ3) is 2.57. The van der Waals surface area contributed by atoms with Crippen LogP contribution in [0.5, 0.6) is 0 Å². The number of nitrogens with one attached hydrogen (secondary N) is 1. The van der Waals surface area contributed by atoms with Crippen molar-refractivity contribution in [3.05, 3.63) is 16.4 Å². The van der Waals surface area contributed by atoms with Gasteiger partial charge >= 0.3 is 11.7 Å². The van der Waals surface area contributed by atoms with Crippen molar-refractivity contribution in [1.29, 1.82) is 0 Å². The highest BCUT2D eigenvalue weighted by molar-refractivity contribution is 5.66. The maximum Gasteiger partial charge on any atom is 0.434 e. The van der Waals surface area contributed by atoms with Gasteiger partial charge in [-0.25, -0.2) is 9.89 Å². The number of carbonyl (C=O) groups is 1. The molecule has 0 aliphatic heterocycles. The molecular formula is C6H8N2O4. The maximum absolute atomic E-state index is 10.4. The summed E-state index contributed by atoms with van der Waals surface area (Å²) in [5.41, 5.74) is 0. The Morgan fingerprint density at radius 1 is 1.67 bits per heavy atom. The van der Waals surface area contributed by atoms with Crippen LogP contribution in [0.1, 0.15) is 18.7 Å². The fraction of sp³-hybridized carbons (Fsp3) is 0.500. The van der Waals surface area contributed by atoms with E-state index in [2.05, 4.69) is 14.6 Å². The van der Waals surface area contributed by atoms with E-state index in [0.717, 1.165) is 0 Å². The summed E-state index contributed by atoms with van der Waals surface area (Å²) < 4.78 is 4.55. The van der Waals surface area contributed by atoms with E-state index < -0.39 is 11.7 Å². The molecule has 0 saturated heterocycles. The fourth-order valence-corrected chi connectivity index (χ4v) is 0.758. The zero-order valence-corrected chi connectivity index (χ0v) is 6.24. The first kappa shape index (κ1) is 8.51. The van der Waals surface area contributed by atoms with Crippen LogP contribution >= 0.6 is 0 Å². The van der Waals surface area contributed by atoms with Gasteiger partial charge in [-0.2, -0.15) is 0 Å². The number of aromatic amines is 1. The third-order valence-corrected chi connectivity index (χ3v) is 1.26. The minimum Gasteiger partial charge on any atom is -0.481 e. The minimum absolute atomic E-state index is 0.0522. The summed E-state index contributed by atoms with van der Waals surface area (Å²) in [6, 6.07) is 0. The summed E-state index contributed by atoms with van der Waals surface area (Å²) in [7, 11) is 0. The molecular weight excluding hydrogens is 164 g/mol. The molecule has 12 heavy (non-hydrogen) atoms. The molecule has 0 saturated carbocycles. The average Bonchev–Trinajstić information content (AvgIpc) is 2.35. The number of aryl methyl sites for hydroxylation is 1. The summed E-state index contributed by atoms with van der Waals surface area (Å²) in [5.74, 6) is -1.23. The SMILES string of the molecule is O=C(O)CCCc1n[nH]c(=O)o1. The second-order valence-corrected chi connectivity index (χ2v) is 2.25. The highest BCUT2D eigenvalue weighted by Crippen LogP contribution is 1.97.